The van der Waals surface area contributed by atoms with Gasteiger partial charge in [0, 0.05) is 0 Å². The quantitative estimate of drug-likeness (QED) is 0.0942. The van der Waals surface area contributed by atoms with Crippen molar-refractivity contribution in [2.24, 2.45) is 0 Å². The van der Waals surface area contributed by atoms with Crippen molar-refractivity contribution >= 4 is 20.2 Å². The molecule has 0 bridgehead atoms. The Balaban J connectivity index is 1.53. The van der Waals surface area contributed by atoms with Gasteiger partial charge in [-0.25, -0.2) is 0 Å². The topological polar surface area (TPSA) is 93.0 Å². The molecular formula is C32H28N2O6Se. The van der Waals surface area contributed by atoms with Crippen LogP contribution >= 0.6 is 0 Å². The number of methoxy groups -OCH3 is 3. The van der Waals surface area contributed by atoms with Gasteiger partial charge in [-0.3, -0.25) is 0 Å². The number of nitro benzene ring substituents is 1. The van der Waals surface area contributed by atoms with Crippen molar-refractivity contribution in [3.63, 3.8) is 0 Å². The fraction of sp³-hybridized carbons (Fsp3) is 0.156. The molecule has 1 heterocycles. The van der Waals surface area contributed by atoms with E-state index in [-0.39, 0.29) is 25.1 Å². The Labute approximate surface area is 244 Å². The molecule has 0 aliphatic carbocycles. The second kappa shape index (κ2) is 12.7. The van der Waals surface area contributed by atoms with Crippen LogP contribution < -0.4 is 18.9 Å². The minimum absolute atomic E-state index is 0.0673. The van der Waals surface area contributed by atoms with Crippen molar-refractivity contribution in [2.45, 2.75) is 13.0 Å². The molecule has 0 saturated heterocycles. The molecule has 41 heavy (non-hydrogen) atoms. The molecule has 8 nitrogen and oxygen atoms in total. The normalized spacial score (nSPS) is 10.7. The van der Waals surface area contributed by atoms with Crippen LogP contribution in [-0.2, 0) is 13.0 Å². The molecule has 0 aliphatic heterocycles. The van der Waals surface area contributed by atoms with Gasteiger partial charge < -0.3 is 0 Å². The maximum absolute atomic E-state index is 11.3. The number of rotatable bonds is 11. The van der Waals surface area contributed by atoms with E-state index >= 15 is 0 Å². The van der Waals surface area contributed by atoms with E-state index < -0.39 is 0 Å². The summed E-state index contributed by atoms with van der Waals surface area (Å²) in [5.41, 5.74) is 4.70. The number of benzene rings is 4. The second-order valence-corrected chi connectivity index (χ2v) is 11.4. The summed E-state index contributed by atoms with van der Waals surface area (Å²) < 4.78 is 24.8. The first-order valence-corrected chi connectivity index (χ1v) is 14.5. The summed E-state index contributed by atoms with van der Waals surface area (Å²) >= 11 is -0.160. The number of nitro groups is 1. The first-order valence-electron chi connectivity index (χ1n) is 12.8. The molecule has 0 amide bonds. The first-order chi connectivity index (χ1) is 20.0. The molecule has 0 spiro atoms. The van der Waals surface area contributed by atoms with Crippen molar-refractivity contribution in [1.82, 2.24) is 4.98 Å². The van der Waals surface area contributed by atoms with Crippen molar-refractivity contribution in [2.75, 3.05) is 21.3 Å². The number of aromatic nitrogens is 1. The summed E-state index contributed by atoms with van der Waals surface area (Å²) in [5, 5.41) is 11.3. The summed E-state index contributed by atoms with van der Waals surface area (Å²) in [6.07, 6.45) is 0.511. The Bertz CT molecular complexity index is 1630. The summed E-state index contributed by atoms with van der Waals surface area (Å²) in [7, 11) is 4.76. The summed E-state index contributed by atoms with van der Waals surface area (Å²) in [4.78, 5) is 16.0. The molecule has 0 atom stereocenters. The number of non-ortho nitro benzene ring substituents is 1. The molecule has 5 rings (SSSR count). The van der Waals surface area contributed by atoms with Crippen molar-refractivity contribution in [1.29, 1.82) is 0 Å². The predicted octanol–water partition coefficient (Wildman–Crippen LogP) is 6.58. The molecule has 0 saturated carbocycles. The Morgan fingerprint density at radius 3 is 2.10 bits per heavy atom. The van der Waals surface area contributed by atoms with Crippen molar-refractivity contribution in [3.05, 3.63) is 117 Å². The van der Waals surface area contributed by atoms with Gasteiger partial charge in [0.25, 0.3) is 0 Å². The van der Waals surface area contributed by atoms with Crippen molar-refractivity contribution < 1.29 is 23.9 Å². The average molecular weight is 616 g/mol. The predicted molar refractivity (Wildman–Crippen MR) is 158 cm³/mol. The van der Waals surface area contributed by atoms with Gasteiger partial charge in [-0.1, -0.05) is 0 Å². The average Bonchev–Trinajstić information content (AvgIpc) is 3.43. The van der Waals surface area contributed by atoms with E-state index in [4.69, 9.17) is 23.9 Å². The van der Waals surface area contributed by atoms with E-state index in [1.165, 1.54) is 6.07 Å². The Morgan fingerprint density at radius 2 is 1.46 bits per heavy atom. The number of hydrogen-bond acceptors (Lipinski definition) is 7. The third-order valence-electron chi connectivity index (χ3n) is 6.45. The standard InChI is InChI=1S/C32H28N2O6Se/c1-37-27-18-24(19-28(38-2)31(27)39-3)32-30(33-29(41-32)17-22-10-7-11-25(16-22)34(35)36)23-12-14-26(15-13-23)40-20-21-8-5-4-6-9-21/h4-16,18-19H,17,20H2,1-3H3. The molecule has 0 fully saturated rings. The number of ether oxygens (including phenoxy) is 4. The zero-order chi connectivity index (χ0) is 28.8. The van der Waals surface area contributed by atoms with E-state index in [1.54, 1.807) is 33.5 Å². The van der Waals surface area contributed by atoms with Crippen LogP contribution in [0.3, 0.4) is 0 Å². The van der Waals surface area contributed by atoms with Gasteiger partial charge >= 0.3 is 244 Å². The number of hydrogen-bond donors (Lipinski definition) is 0. The van der Waals surface area contributed by atoms with Gasteiger partial charge in [-0.05, 0) is 0 Å². The molecule has 0 unspecified atom stereocenters. The van der Waals surface area contributed by atoms with Crippen LogP contribution in [0.2, 0.25) is 0 Å². The first kappa shape index (κ1) is 28.0. The molecule has 1 aromatic heterocycles. The van der Waals surface area contributed by atoms with Crippen LogP contribution in [0.1, 0.15) is 15.7 Å². The van der Waals surface area contributed by atoms with Gasteiger partial charge in [0.05, 0.1) is 0 Å². The van der Waals surface area contributed by atoms with Gasteiger partial charge in [0.1, 0.15) is 0 Å². The zero-order valence-electron chi connectivity index (χ0n) is 22.8. The van der Waals surface area contributed by atoms with Crippen molar-refractivity contribution in [3.8, 4) is 44.3 Å². The van der Waals surface area contributed by atoms with E-state index in [1.807, 2.05) is 72.8 Å². The second-order valence-electron chi connectivity index (χ2n) is 9.10. The third kappa shape index (κ3) is 6.43. The van der Waals surface area contributed by atoms with Crippen LogP contribution in [0.25, 0.3) is 21.3 Å². The maximum atomic E-state index is 11.3. The fourth-order valence-corrected chi connectivity index (χ4v) is 6.77. The molecule has 0 N–H and O–H groups in total. The summed E-state index contributed by atoms with van der Waals surface area (Å²) in [6.45, 7) is 0.480. The molecule has 9 heteroatoms. The van der Waals surface area contributed by atoms with Crippen LogP contribution in [0.5, 0.6) is 23.0 Å². The third-order valence-corrected chi connectivity index (χ3v) is 8.77. The molecule has 4 aromatic carbocycles. The molecular weight excluding hydrogens is 587 g/mol. The minimum atomic E-state index is -0.377. The van der Waals surface area contributed by atoms with Gasteiger partial charge in [-0.15, -0.1) is 0 Å². The molecule has 208 valence electrons. The molecule has 0 radical (unpaired) electrons. The Hall–Kier alpha value is -4.59. The van der Waals surface area contributed by atoms with Crippen LogP contribution in [0.15, 0.2) is 91.0 Å². The van der Waals surface area contributed by atoms with E-state index in [2.05, 4.69) is 0 Å². The summed E-state index contributed by atoms with van der Waals surface area (Å²) in [6, 6.07) is 28.5. The van der Waals surface area contributed by atoms with E-state index in [9.17, 15) is 10.1 Å². The monoisotopic (exact) mass is 616 g/mol. The Morgan fingerprint density at radius 1 is 0.780 bits per heavy atom. The summed E-state index contributed by atoms with van der Waals surface area (Å²) in [5.74, 6) is 2.39. The van der Waals surface area contributed by atoms with Crippen LogP contribution in [0, 0.1) is 10.1 Å². The Kier molecular flexibility index (Phi) is 8.67. The van der Waals surface area contributed by atoms with Gasteiger partial charge in [-0.2, -0.15) is 0 Å². The molecule has 0 aliphatic rings. The zero-order valence-corrected chi connectivity index (χ0v) is 24.5. The number of nitrogens with zero attached hydrogens (tertiary/aromatic N) is 2. The molecule has 5 aromatic rings. The van der Waals surface area contributed by atoms with E-state index in [0.717, 1.165) is 42.7 Å². The van der Waals surface area contributed by atoms with Gasteiger partial charge in [0.2, 0.25) is 0 Å². The van der Waals surface area contributed by atoms with Gasteiger partial charge in [0.15, 0.2) is 0 Å². The van der Waals surface area contributed by atoms with Crippen LogP contribution in [0.4, 0.5) is 5.69 Å². The van der Waals surface area contributed by atoms with Crippen LogP contribution in [-0.4, -0.2) is 45.7 Å². The SMILES string of the molecule is COc1cc(-c2[se]c(Cc3cccc([N+](=O)[O-])c3)nc2-c2ccc(OCc3ccccc3)cc2)cc(OC)c1OC. The fourth-order valence-electron chi connectivity index (χ4n) is 4.45. The van der Waals surface area contributed by atoms with E-state index in [0.29, 0.717) is 30.3 Å².